The van der Waals surface area contributed by atoms with Gasteiger partial charge in [0.15, 0.2) is 0 Å². The highest BCUT2D eigenvalue weighted by Gasteiger charge is 2.28. The van der Waals surface area contributed by atoms with Gasteiger partial charge in [-0.15, -0.1) is 0 Å². The van der Waals surface area contributed by atoms with Crippen LogP contribution < -0.4 is 5.32 Å². The molecule has 1 amide bonds. The molecule has 0 radical (unpaired) electrons. The third kappa shape index (κ3) is 3.75. The van der Waals surface area contributed by atoms with E-state index in [2.05, 4.69) is 36.5 Å². The zero-order valence-electron chi connectivity index (χ0n) is 18.0. The van der Waals surface area contributed by atoms with E-state index in [9.17, 15) is 9.59 Å². The summed E-state index contributed by atoms with van der Waals surface area (Å²) in [4.78, 5) is 23.8. The lowest BCUT2D eigenvalue weighted by Crippen LogP contribution is -2.03. The van der Waals surface area contributed by atoms with Gasteiger partial charge in [-0.05, 0) is 61.9 Å². The van der Waals surface area contributed by atoms with Crippen molar-refractivity contribution in [2.75, 3.05) is 5.32 Å². The van der Waals surface area contributed by atoms with Crippen LogP contribution in [0.3, 0.4) is 0 Å². The smallest absolute Gasteiger partial charge is 0.303 e. The van der Waals surface area contributed by atoms with Crippen LogP contribution in [0.1, 0.15) is 53.0 Å². The average molecular weight is 428 g/mol. The van der Waals surface area contributed by atoms with Gasteiger partial charge in [0.1, 0.15) is 11.5 Å². The molecule has 1 aliphatic carbocycles. The number of carboxylic acid groups (broad SMARTS) is 1. The quantitative estimate of drug-likeness (QED) is 0.516. The first-order chi connectivity index (χ1) is 15.5. The number of benzene rings is 2. The molecule has 5 heteroatoms. The molecule has 5 rings (SSSR count). The van der Waals surface area contributed by atoms with Gasteiger partial charge in [0, 0.05) is 35.2 Å². The normalized spacial score (nSPS) is 16.0. The van der Waals surface area contributed by atoms with Crippen molar-refractivity contribution < 1.29 is 19.1 Å². The molecule has 0 saturated heterocycles. The highest BCUT2D eigenvalue weighted by atomic mass is 16.4. The molecule has 2 aliphatic rings. The molecule has 0 fully saturated rings. The lowest BCUT2D eigenvalue weighted by Gasteiger charge is -2.11. The molecular formula is C27H25NO4. The van der Waals surface area contributed by atoms with Crippen LogP contribution in [0.2, 0.25) is 0 Å². The molecule has 5 nitrogen and oxygen atoms in total. The summed E-state index contributed by atoms with van der Waals surface area (Å²) in [6.45, 7) is 2.07. The number of aliphatic carboxylic acids is 1. The largest absolute Gasteiger partial charge is 0.481 e. The van der Waals surface area contributed by atoms with Crippen molar-refractivity contribution in [1.82, 2.24) is 0 Å². The maximum absolute atomic E-state index is 12.8. The molecule has 2 heterocycles. The molecule has 0 atom stereocenters. The monoisotopic (exact) mass is 427 g/mol. The van der Waals surface area contributed by atoms with Gasteiger partial charge >= 0.3 is 5.97 Å². The van der Waals surface area contributed by atoms with E-state index in [0.29, 0.717) is 12.0 Å². The summed E-state index contributed by atoms with van der Waals surface area (Å²) >= 11 is 0. The van der Waals surface area contributed by atoms with Gasteiger partial charge in [-0.25, -0.2) is 0 Å². The number of hydrogen-bond donors (Lipinski definition) is 2. The summed E-state index contributed by atoms with van der Waals surface area (Å²) in [6.07, 6.45) is 6.48. The minimum atomic E-state index is -0.834. The van der Waals surface area contributed by atoms with Crippen molar-refractivity contribution >= 4 is 29.2 Å². The average Bonchev–Trinajstić information content (AvgIpc) is 3.30. The minimum Gasteiger partial charge on any atom is -0.481 e. The first kappa shape index (κ1) is 20.3. The predicted molar refractivity (Wildman–Crippen MR) is 124 cm³/mol. The van der Waals surface area contributed by atoms with E-state index in [1.165, 1.54) is 11.1 Å². The van der Waals surface area contributed by atoms with Crippen LogP contribution in [-0.2, 0) is 28.9 Å². The van der Waals surface area contributed by atoms with Crippen LogP contribution in [0.15, 0.2) is 46.9 Å². The summed E-state index contributed by atoms with van der Waals surface area (Å²) < 4.78 is 6.32. The number of carbonyl (C=O) groups excluding carboxylic acids is 1. The number of amides is 1. The Bertz CT molecular complexity index is 1250. The number of rotatable bonds is 5. The molecule has 1 aromatic heterocycles. The van der Waals surface area contributed by atoms with Gasteiger partial charge in [0.25, 0.3) is 5.91 Å². The maximum Gasteiger partial charge on any atom is 0.303 e. The first-order valence-corrected chi connectivity index (χ1v) is 11.1. The van der Waals surface area contributed by atoms with Gasteiger partial charge in [-0.3, -0.25) is 9.59 Å². The van der Waals surface area contributed by atoms with Gasteiger partial charge < -0.3 is 14.8 Å². The predicted octanol–water partition coefficient (Wildman–Crippen LogP) is 5.64. The molecule has 2 aromatic carbocycles. The van der Waals surface area contributed by atoms with Crippen LogP contribution in [-0.4, -0.2) is 17.0 Å². The highest BCUT2D eigenvalue weighted by Crippen LogP contribution is 2.41. The number of aryl methyl sites for hydroxylation is 3. The number of hydrogen-bond acceptors (Lipinski definition) is 3. The second kappa shape index (κ2) is 8.15. The van der Waals surface area contributed by atoms with Crippen molar-refractivity contribution in [3.63, 3.8) is 0 Å². The van der Waals surface area contributed by atoms with Crippen LogP contribution in [0.4, 0.5) is 5.69 Å². The van der Waals surface area contributed by atoms with Crippen molar-refractivity contribution in [2.45, 2.75) is 45.4 Å². The van der Waals surface area contributed by atoms with E-state index in [-0.39, 0.29) is 12.3 Å². The SMILES string of the molecule is Cc1ccc(-c2c(C=C3C(=O)Nc4ccc(CCC(=O)O)cc43)oc3c2CCCC3)cc1. The standard InChI is InChI=1S/C27H25NO4/c1-16-6-10-18(11-7-16)26-19-4-2-3-5-23(19)32-24(26)15-21-20-14-17(9-13-25(29)30)8-12-22(20)28-27(21)31/h6-8,10-12,14-15H,2-5,9,13H2,1H3,(H,28,31)(H,29,30). The zero-order valence-corrected chi connectivity index (χ0v) is 18.0. The maximum atomic E-state index is 12.8. The molecule has 0 unspecified atom stereocenters. The van der Waals surface area contributed by atoms with Crippen LogP contribution in [0, 0.1) is 6.92 Å². The van der Waals surface area contributed by atoms with E-state index in [1.807, 2.05) is 24.3 Å². The van der Waals surface area contributed by atoms with Gasteiger partial charge in [0.2, 0.25) is 0 Å². The molecule has 3 aromatic rings. The Morgan fingerprint density at radius 2 is 1.91 bits per heavy atom. The van der Waals surface area contributed by atoms with Crippen molar-refractivity contribution in [3.8, 4) is 11.1 Å². The number of carboxylic acids is 1. The second-order valence-corrected chi connectivity index (χ2v) is 8.60. The third-order valence-corrected chi connectivity index (χ3v) is 6.31. The zero-order chi connectivity index (χ0) is 22.2. The minimum absolute atomic E-state index is 0.0572. The fourth-order valence-electron chi connectivity index (χ4n) is 4.64. The molecule has 32 heavy (non-hydrogen) atoms. The number of nitrogens with one attached hydrogen (secondary N) is 1. The molecule has 0 bridgehead atoms. The van der Waals surface area contributed by atoms with E-state index in [1.54, 1.807) is 0 Å². The summed E-state index contributed by atoms with van der Waals surface area (Å²) in [5.74, 6) is 0.737. The van der Waals surface area contributed by atoms with Gasteiger partial charge in [0.05, 0.1) is 5.57 Å². The summed E-state index contributed by atoms with van der Waals surface area (Å²) in [6, 6.07) is 14.1. The Balaban J connectivity index is 1.61. The molecular weight excluding hydrogens is 402 g/mol. The number of carbonyl (C=O) groups is 2. The van der Waals surface area contributed by atoms with Crippen LogP contribution >= 0.6 is 0 Å². The Labute approximate surface area is 186 Å². The van der Waals surface area contributed by atoms with Gasteiger partial charge in [-0.1, -0.05) is 35.9 Å². The summed E-state index contributed by atoms with van der Waals surface area (Å²) in [5.41, 5.74) is 7.61. The van der Waals surface area contributed by atoms with Crippen molar-refractivity contribution in [3.05, 3.63) is 76.2 Å². The molecule has 0 spiro atoms. The highest BCUT2D eigenvalue weighted by molar-refractivity contribution is 6.35. The van der Waals surface area contributed by atoms with Crippen LogP contribution in [0.25, 0.3) is 22.8 Å². The lowest BCUT2D eigenvalue weighted by molar-refractivity contribution is -0.137. The Morgan fingerprint density at radius 3 is 2.69 bits per heavy atom. The summed E-state index contributed by atoms with van der Waals surface area (Å²) in [5, 5.41) is 11.9. The van der Waals surface area contributed by atoms with E-state index in [4.69, 9.17) is 9.52 Å². The fourth-order valence-corrected chi connectivity index (χ4v) is 4.64. The number of fused-ring (bicyclic) bond motifs is 2. The fraction of sp³-hybridized carbons (Fsp3) is 0.259. The molecule has 1 aliphatic heterocycles. The molecule has 162 valence electrons. The third-order valence-electron chi connectivity index (χ3n) is 6.31. The lowest BCUT2D eigenvalue weighted by atomic mass is 9.90. The van der Waals surface area contributed by atoms with Crippen molar-refractivity contribution in [1.29, 1.82) is 0 Å². The molecule has 0 saturated carbocycles. The number of anilines is 1. The van der Waals surface area contributed by atoms with E-state index < -0.39 is 5.97 Å². The number of furan rings is 1. The second-order valence-electron chi connectivity index (χ2n) is 8.60. The van der Waals surface area contributed by atoms with Gasteiger partial charge in [-0.2, -0.15) is 0 Å². The van der Waals surface area contributed by atoms with E-state index in [0.717, 1.165) is 65.1 Å². The van der Waals surface area contributed by atoms with Crippen molar-refractivity contribution in [2.24, 2.45) is 0 Å². The van der Waals surface area contributed by atoms with Crippen LogP contribution in [0.5, 0.6) is 0 Å². The first-order valence-electron chi connectivity index (χ1n) is 11.1. The molecule has 2 N–H and O–H groups in total. The Hall–Kier alpha value is -3.60. The topological polar surface area (TPSA) is 79.5 Å². The van der Waals surface area contributed by atoms with E-state index >= 15 is 0 Å². The Kier molecular flexibility index (Phi) is 5.17. The summed E-state index contributed by atoms with van der Waals surface area (Å²) in [7, 11) is 0. The Morgan fingerprint density at radius 1 is 1.12 bits per heavy atom.